The Balaban J connectivity index is 2.53. The van der Waals surface area contributed by atoms with Crippen LogP contribution in [-0.2, 0) is 10.0 Å². The molecule has 0 aromatic carbocycles. The topological polar surface area (TPSA) is 66.4 Å². The maximum atomic E-state index is 11.4. The largest absolute Gasteiger partial charge is 0.391 e. The van der Waals surface area contributed by atoms with Gasteiger partial charge in [0.25, 0.3) is 0 Å². The SMILES string of the molecule is C=CCS(=O)(=O)N[C@@H]1CCCC[C@H]1O. The average Bonchev–Trinajstić information content (AvgIpc) is 2.08. The highest BCUT2D eigenvalue weighted by molar-refractivity contribution is 7.89. The van der Waals surface area contributed by atoms with Gasteiger partial charge in [0, 0.05) is 6.04 Å². The summed E-state index contributed by atoms with van der Waals surface area (Å²) in [5, 5.41) is 9.55. The third-order valence-electron chi connectivity index (χ3n) is 2.40. The number of rotatable bonds is 4. The van der Waals surface area contributed by atoms with Crippen molar-refractivity contribution in [2.45, 2.75) is 37.8 Å². The fourth-order valence-electron chi connectivity index (χ4n) is 1.68. The van der Waals surface area contributed by atoms with Gasteiger partial charge >= 0.3 is 0 Å². The summed E-state index contributed by atoms with van der Waals surface area (Å²) in [6.45, 7) is 3.38. The van der Waals surface area contributed by atoms with E-state index in [0.29, 0.717) is 6.42 Å². The van der Waals surface area contributed by atoms with Gasteiger partial charge in [-0.3, -0.25) is 0 Å². The Bertz CT molecular complexity index is 286. The summed E-state index contributed by atoms with van der Waals surface area (Å²) in [7, 11) is -3.29. The van der Waals surface area contributed by atoms with E-state index in [-0.39, 0.29) is 11.8 Å². The summed E-state index contributed by atoms with van der Waals surface area (Å²) in [6.07, 6.45) is 4.15. The van der Waals surface area contributed by atoms with E-state index >= 15 is 0 Å². The minimum absolute atomic E-state index is 0.0871. The van der Waals surface area contributed by atoms with Crippen LogP contribution in [0.3, 0.4) is 0 Å². The first-order valence-electron chi connectivity index (χ1n) is 4.84. The normalized spacial score (nSPS) is 28.6. The van der Waals surface area contributed by atoms with Crippen LogP contribution in [0.25, 0.3) is 0 Å². The van der Waals surface area contributed by atoms with Gasteiger partial charge in [0.1, 0.15) is 0 Å². The number of aliphatic hydroxyl groups excluding tert-OH is 1. The molecule has 2 atom stereocenters. The smallest absolute Gasteiger partial charge is 0.215 e. The highest BCUT2D eigenvalue weighted by atomic mass is 32.2. The van der Waals surface area contributed by atoms with E-state index in [1.165, 1.54) is 6.08 Å². The predicted molar refractivity (Wildman–Crippen MR) is 55.4 cm³/mol. The van der Waals surface area contributed by atoms with Gasteiger partial charge in [-0.25, -0.2) is 13.1 Å². The quantitative estimate of drug-likeness (QED) is 0.672. The van der Waals surface area contributed by atoms with Crippen LogP contribution in [0.15, 0.2) is 12.7 Å². The monoisotopic (exact) mass is 219 g/mol. The van der Waals surface area contributed by atoms with Crippen LogP contribution < -0.4 is 4.72 Å². The van der Waals surface area contributed by atoms with E-state index in [4.69, 9.17) is 0 Å². The summed E-state index contributed by atoms with van der Waals surface area (Å²) in [4.78, 5) is 0. The fourth-order valence-corrected chi connectivity index (χ4v) is 2.83. The van der Waals surface area contributed by atoms with Crippen molar-refractivity contribution >= 4 is 10.0 Å². The zero-order valence-corrected chi connectivity index (χ0v) is 8.96. The van der Waals surface area contributed by atoms with Crippen LogP contribution >= 0.6 is 0 Å². The van der Waals surface area contributed by atoms with Crippen molar-refractivity contribution in [3.63, 3.8) is 0 Å². The molecule has 0 aliphatic heterocycles. The number of hydrogen-bond donors (Lipinski definition) is 2. The molecule has 0 heterocycles. The van der Waals surface area contributed by atoms with E-state index < -0.39 is 16.1 Å². The zero-order valence-electron chi connectivity index (χ0n) is 8.15. The number of aliphatic hydroxyl groups is 1. The molecule has 0 radical (unpaired) electrons. The van der Waals surface area contributed by atoms with Crippen molar-refractivity contribution in [1.29, 1.82) is 0 Å². The molecule has 1 aliphatic carbocycles. The van der Waals surface area contributed by atoms with Gasteiger partial charge in [0.15, 0.2) is 0 Å². The summed E-state index contributed by atoms with van der Waals surface area (Å²) < 4.78 is 25.2. The van der Waals surface area contributed by atoms with E-state index in [9.17, 15) is 13.5 Å². The van der Waals surface area contributed by atoms with Gasteiger partial charge in [0.05, 0.1) is 11.9 Å². The molecular weight excluding hydrogens is 202 g/mol. The molecule has 1 fully saturated rings. The summed E-state index contributed by atoms with van der Waals surface area (Å²) in [5.74, 6) is -0.0871. The molecule has 0 saturated heterocycles. The van der Waals surface area contributed by atoms with Crippen molar-refractivity contribution in [2.75, 3.05) is 5.75 Å². The third-order valence-corrected chi connectivity index (χ3v) is 3.73. The zero-order chi connectivity index (χ0) is 10.6. The Kier molecular flexibility index (Phi) is 4.10. The molecule has 2 N–H and O–H groups in total. The minimum atomic E-state index is -3.29. The molecule has 1 aliphatic rings. The van der Waals surface area contributed by atoms with Gasteiger partial charge in [-0.15, -0.1) is 6.58 Å². The average molecular weight is 219 g/mol. The number of hydrogen-bond acceptors (Lipinski definition) is 3. The van der Waals surface area contributed by atoms with Crippen LogP contribution in [0.4, 0.5) is 0 Å². The summed E-state index contributed by atoms with van der Waals surface area (Å²) in [6, 6.07) is -0.311. The molecule has 0 spiro atoms. The fraction of sp³-hybridized carbons (Fsp3) is 0.778. The van der Waals surface area contributed by atoms with E-state index in [1.54, 1.807) is 0 Å². The van der Waals surface area contributed by atoms with Crippen LogP contribution in [0, 0.1) is 0 Å². The highest BCUT2D eigenvalue weighted by Crippen LogP contribution is 2.18. The van der Waals surface area contributed by atoms with Gasteiger partial charge < -0.3 is 5.11 Å². The lowest BCUT2D eigenvalue weighted by Crippen LogP contribution is -2.45. The van der Waals surface area contributed by atoms with Crippen LogP contribution in [0.1, 0.15) is 25.7 Å². The first kappa shape index (κ1) is 11.7. The molecule has 14 heavy (non-hydrogen) atoms. The van der Waals surface area contributed by atoms with Crippen LogP contribution in [0.2, 0.25) is 0 Å². The molecule has 1 rings (SSSR count). The maximum absolute atomic E-state index is 11.4. The van der Waals surface area contributed by atoms with Crippen molar-refractivity contribution in [3.8, 4) is 0 Å². The Morgan fingerprint density at radius 2 is 2.07 bits per heavy atom. The van der Waals surface area contributed by atoms with Crippen molar-refractivity contribution in [1.82, 2.24) is 4.72 Å². The van der Waals surface area contributed by atoms with E-state index in [1.807, 2.05) is 0 Å². The van der Waals surface area contributed by atoms with Crippen molar-refractivity contribution < 1.29 is 13.5 Å². The van der Waals surface area contributed by atoms with Crippen molar-refractivity contribution in [2.24, 2.45) is 0 Å². The van der Waals surface area contributed by atoms with Crippen LogP contribution in [-0.4, -0.2) is 31.4 Å². The molecule has 5 heteroatoms. The van der Waals surface area contributed by atoms with Gasteiger partial charge in [-0.2, -0.15) is 0 Å². The molecule has 0 aromatic heterocycles. The van der Waals surface area contributed by atoms with E-state index in [0.717, 1.165) is 19.3 Å². The second-order valence-electron chi connectivity index (χ2n) is 3.65. The Labute approximate surface area is 85.1 Å². The second kappa shape index (κ2) is 4.91. The number of sulfonamides is 1. The van der Waals surface area contributed by atoms with Gasteiger partial charge in [-0.1, -0.05) is 18.9 Å². The second-order valence-corrected chi connectivity index (χ2v) is 5.44. The van der Waals surface area contributed by atoms with Gasteiger partial charge in [0.2, 0.25) is 10.0 Å². The molecule has 82 valence electrons. The Morgan fingerprint density at radius 1 is 1.43 bits per heavy atom. The lowest BCUT2D eigenvalue weighted by Gasteiger charge is -2.27. The molecule has 0 bridgehead atoms. The van der Waals surface area contributed by atoms with Crippen molar-refractivity contribution in [3.05, 3.63) is 12.7 Å². The lowest BCUT2D eigenvalue weighted by molar-refractivity contribution is 0.101. The standard InChI is InChI=1S/C9H17NO3S/c1-2-7-14(12,13)10-8-5-3-4-6-9(8)11/h2,8-11H,1,3-7H2/t8-,9-/m1/s1. The first-order chi connectivity index (χ1) is 6.55. The molecule has 4 nitrogen and oxygen atoms in total. The molecule has 1 saturated carbocycles. The summed E-state index contributed by atoms with van der Waals surface area (Å²) in [5.41, 5.74) is 0. The predicted octanol–water partition coefficient (Wildman–Crippen LogP) is 0.395. The minimum Gasteiger partial charge on any atom is -0.391 e. The molecule has 0 amide bonds. The Hall–Kier alpha value is -0.390. The highest BCUT2D eigenvalue weighted by Gasteiger charge is 2.26. The maximum Gasteiger partial charge on any atom is 0.215 e. The first-order valence-corrected chi connectivity index (χ1v) is 6.49. The van der Waals surface area contributed by atoms with Gasteiger partial charge in [-0.05, 0) is 12.8 Å². The van der Waals surface area contributed by atoms with E-state index in [2.05, 4.69) is 11.3 Å². The summed E-state index contributed by atoms with van der Waals surface area (Å²) >= 11 is 0. The lowest BCUT2D eigenvalue weighted by atomic mass is 9.93. The molecule has 0 unspecified atom stereocenters. The molecular formula is C9H17NO3S. The molecule has 0 aromatic rings. The Morgan fingerprint density at radius 3 is 2.64 bits per heavy atom. The number of nitrogens with one attached hydrogen (secondary N) is 1. The third kappa shape index (κ3) is 3.40. The van der Waals surface area contributed by atoms with Crippen LogP contribution in [0.5, 0.6) is 0 Å².